The zero-order valence-corrected chi connectivity index (χ0v) is 16.9. The topological polar surface area (TPSA) is 84.1 Å². The molecule has 3 heterocycles. The van der Waals surface area contributed by atoms with Crippen LogP contribution in [0, 0.1) is 5.92 Å². The van der Waals surface area contributed by atoms with E-state index < -0.39 is 0 Å². The molecule has 28 heavy (non-hydrogen) atoms. The summed E-state index contributed by atoms with van der Waals surface area (Å²) in [5.74, 6) is 1.49. The van der Waals surface area contributed by atoms with E-state index in [0.717, 1.165) is 37.4 Å². The third-order valence-corrected chi connectivity index (χ3v) is 4.89. The number of hydrogen-bond donors (Lipinski definition) is 2. The van der Waals surface area contributed by atoms with Gasteiger partial charge in [0.05, 0.1) is 5.56 Å². The Morgan fingerprint density at radius 2 is 2.21 bits per heavy atom. The van der Waals surface area contributed by atoms with Gasteiger partial charge in [-0.05, 0) is 43.5 Å². The van der Waals surface area contributed by atoms with Crippen LogP contribution >= 0.6 is 0 Å². The van der Waals surface area contributed by atoms with Crippen LogP contribution in [0.3, 0.4) is 0 Å². The summed E-state index contributed by atoms with van der Waals surface area (Å²) in [6, 6.07) is 7.80. The van der Waals surface area contributed by atoms with Crippen LogP contribution in [-0.4, -0.2) is 41.4 Å². The average Bonchev–Trinajstić information content (AvgIpc) is 2.68. The van der Waals surface area contributed by atoms with Crippen LogP contribution in [0.4, 0.5) is 11.6 Å². The van der Waals surface area contributed by atoms with Crippen molar-refractivity contribution in [1.29, 1.82) is 0 Å². The molecule has 148 valence electrons. The largest absolute Gasteiger partial charge is 0.383 e. The molecule has 0 aliphatic carbocycles. The van der Waals surface area contributed by atoms with Crippen LogP contribution in [-0.2, 0) is 0 Å². The molecule has 0 amide bonds. The first-order valence-corrected chi connectivity index (χ1v) is 9.86. The highest BCUT2D eigenvalue weighted by molar-refractivity contribution is 6.12. The van der Waals surface area contributed by atoms with Crippen LogP contribution < -0.4 is 16.0 Å². The third-order valence-electron chi connectivity index (χ3n) is 4.89. The predicted octanol–water partition coefficient (Wildman–Crippen LogP) is 3.15. The van der Waals surface area contributed by atoms with Gasteiger partial charge in [-0.1, -0.05) is 26.0 Å². The Labute approximate surface area is 166 Å². The van der Waals surface area contributed by atoms with Gasteiger partial charge in [0.15, 0.2) is 0 Å². The molecule has 1 fully saturated rings. The van der Waals surface area contributed by atoms with Crippen molar-refractivity contribution < 1.29 is 4.79 Å². The summed E-state index contributed by atoms with van der Waals surface area (Å²) >= 11 is 0. The van der Waals surface area contributed by atoms with Gasteiger partial charge in [0.2, 0.25) is 5.78 Å². The van der Waals surface area contributed by atoms with Gasteiger partial charge in [-0.2, -0.15) is 0 Å². The van der Waals surface area contributed by atoms with Crippen LogP contribution in [0.2, 0.25) is 0 Å². The lowest BCUT2D eigenvalue weighted by Crippen LogP contribution is -2.51. The molecule has 2 aromatic heterocycles. The van der Waals surface area contributed by atoms with Crippen molar-refractivity contribution in [2.24, 2.45) is 5.92 Å². The molecule has 1 saturated heterocycles. The molecule has 0 radical (unpaired) electrons. The lowest BCUT2D eigenvalue weighted by Gasteiger charge is -2.35. The number of nitrogens with one attached hydrogen (secondary N) is 1. The highest BCUT2D eigenvalue weighted by Gasteiger charge is 2.23. The third kappa shape index (κ3) is 4.57. The molecule has 0 saturated carbocycles. The molecule has 0 spiro atoms. The number of carbonyl (C=O) groups is 1. The molecule has 3 rings (SSSR count). The minimum atomic E-state index is -0.200. The Morgan fingerprint density at radius 1 is 1.39 bits per heavy atom. The number of anilines is 2. The molecular formula is C22H29N5O. The van der Waals surface area contributed by atoms with Gasteiger partial charge in [-0.25, -0.2) is 9.97 Å². The number of nitrogen functional groups attached to an aromatic ring is 1. The van der Waals surface area contributed by atoms with E-state index in [0.29, 0.717) is 23.2 Å². The Balaban J connectivity index is 1.94. The fourth-order valence-corrected chi connectivity index (χ4v) is 3.63. The number of ketones is 1. The fraction of sp³-hybridized carbons (Fsp3) is 0.409. The second-order valence-corrected chi connectivity index (χ2v) is 7.60. The zero-order valence-electron chi connectivity index (χ0n) is 16.9. The summed E-state index contributed by atoms with van der Waals surface area (Å²) in [5.41, 5.74) is 7.51. The number of nitrogens with zero attached hydrogens (tertiary/aromatic N) is 3. The van der Waals surface area contributed by atoms with Gasteiger partial charge in [-0.15, -0.1) is 0 Å². The van der Waals surface area contributed by atoms with E-state index in [2.05, 4.69) is 29.0 Å². The average molecular weight is 380 g/mol. The Bertz CT molecular complexity index is 862. The number of allylic oxidation sites excluding steroid dienone is 1. The standard InChI is InChI=1S/C22H29N5O/c1-4-6-16-8-9-19(27-12-11-24-17(14-27)13-15(2)3)26-20(16)21(28)18-7-5-10-25-22(18)23/h4-10,15,17,24H,11-14H2,1-3H3,(H2,23,25)/t17-/m0/s1. The van der Waals surface area contributed by atoms with Crippen LogP contribution in [0.5, 0.6) is 0 Å². The second kappa shape index (κ2) is 8.97. The predicted molar refractivity (Wildman–Crippen MR) is 114 cm³/mol. The monoisotopic (exact) mass is 379 g/mol. The number of carbonyl (C=O) groups excluding carboxylic acids is 1. The maximum atomic E-state index is 13.2. The first-order chi connectivity index (χ1) is 13.5. The summed E-state index contributed by atoms with van der Waals surface area (Å²) in [6.45, 7) is 9.06. The van der Waals surface area contributed by atoms with Crippen LogP contribution in [0.1, 0.15) is 48.8 Å². The second-order valence-electron chi connectivity index (χ2n) is 7.60. The van der Waals surface area contributed by atoms with Crippen molar-refractivity contribution in [3.05, 3.63) is 53.4 Å². The summed E-state index contributed by atoms with van der Waals surface area (Å²) in [5, 5.41) is 3.58. The summed E-state index contributed by atoms with van der Waals surface area (Å²) in [4.78, 5) is 24.2. The molecular weight excluding hydrogens is 350 g/mol. The first-order valence-electron chi connectivity index (χ1n) is 9.86. The number of pyridine rings is 2. The molecule has 1 aliphatic rings. The molecule has 0 bridgehead atoms. The summed E-state index contributed by atoms with van der Waals surface area (Å²) < 4.78 is 0. The maximum Gasteiger partial charge on any atom is 0.215 e. The molecule has 0 unspecified atom stereocenters. The van der Waals surface area contributed by atoms with Crippen LogP contribution in [0.25, 0.3) is 6.08 Å². The molecule has 0 aromatic carbocycles. The highest BCUT2D eigenvalue weighted by atomic mass is 16.1. The number of aromatic nitrogens is 2. The lowest BCUT2D eigenvalue weighted by molar-refractivity contribution is 0.103. The SMILES string of the molecule is CC=Cc1ccc(N2CCN[C@@H](CC(C)C)C2)nc1C(=O)c1cccnc1N. The van der Waals surface area contributed by atoms with Crippen molar-refractivity contribution in [3.8, 4) is 0 Å². The van der Waals surface area contributed by atoms with Crippen molar-refractivity contribution in [2.45, 2.75) is 33.2 Å². The van der Waals surface area contributed by atoms with Crippen molar-refractivity contribution >= 4 is 23.5 Å². The van der Waals surface area contributed by atoms with Gasteiger partial charge in [0.1, 0.15) is 17.3 Å². The van der Waals surface area contributed by atoms with Gasteiger partial charge in [-0.3, -0.25) is 4.79 Å². The summed E-state index contributed by atoms with van der Waals surface area (Å²) in [7, 11) is 0. The molecule has 6 heteroatoms. The van der Waals surface area contributed by atoms with E-state index in [1.807, 2.05) is 31.2 Å². The van der Waals surface area contributed by atoms with E-state index in [-0.39, 0.29) is 11.6 Å². The Hall–Kier alpha value is -2.73. The lowest BCUT2D eigenvalue weighted by atomic mass is 10.0. The molecule has 1 atom stereocenters. The maximum absolute atomic E-state index is 13.2. The van der Waals surface area contributed by atoms with Crippen molar-refractivity contribution in [2.75, 3.05) is 30.3 Å². The number of nitrogens with two attached hydrogens (primary N) is 1. The quantitative estimate of drug-likeness (QED) is 0.750. The van der Waals surface area contributed by atoms with E-state index in [1.165, 1.54) is 0 Å². The van der Waals surface area contributed by atoms with E-state index in [4.69, 9.17) is 10.7 Å². The summed E-state index contributed by atoms with van der Waals surface area (Å²) in [6.07, 6.45) is 6.50. The minimum absolute atomic E-state index is 0.200. The number of hydrogen-bond acceptors (Lipinski definition) is 6. The van der Waals surface area contributed by atoms with Crippen molar-refractivity contribution in [1.82, 2.24) is 15.3 Å². The van der Waals surface area contributed by atoms with E-state index >= 15 is 0 Å². The van der Waals surface area contributed by atoms with Gasteiger partial charge < -0.3 is 16.0 Å². The van der Waals surface area contributed by atoms with Gasteiger partial charge in [0, 0.05) is 37.4 Å². The fourth-order valence-electron chi connectivity index (χ4n) is 3.63. The Kier molecular flexibility index (Phi) is 6.41. The van der Waals surface area contributed by atoms with Crippen molar-refractivity contribution in [3.63, 3.8) is 0 Å². The smallest absolute Gasteiger partial charge is 0.215 e. The number of piperazine rings is 1. The zero-order chi connectivity index (χ0) is 20.1. The molecule has 1 aliphatic heterocycles. The van der Waals surface area contributed by atoms with Gasteiger partial charge in [0.25, 0.3) is 0 Å². The normalized spacial score (nSPS) is 17.4. The first kappa shape index (κ1) is 20.0. The Morgan fingerprint density at radius 3 is 2.93 bits per heavy atom. The van der Waals surface area contributed by atoms with Gasteiger partial charge >= 0.3 is 0 Å². The molecule has 2 aromatic rings. The van der Waals surface area contributed by atoms with E-state index in [1.54, 1.807) is 18.3 Å². The molecule has 3 N–H and O–H groups in total. The number of rotatable bonds is 6. The minimum Gasteiger partial charge on any atom is -0.383 e. The highest BCUT2D eigenvalue weighted by Crippen LogP contribution is 2.23. The van der Waals surface area contributed by atoms with Crippen LogP contribution in [0.15, 0.2) is 36.5 Å². The van der Waals surface area contributed by atoms with E-state index in [9.17, 15) is 4.79 Å². The molecule has 6 nitrogen and oxygen atoms in total.